The van der Waals surface area contributed by atoms with Crippen molar-refractivity contribution in [1.29, 1.82) is 0 Å². The van der Waals surface area contributed by atoms with E-state index in [1.807, 2.05) is 0 Å². The second-order valence-corrected chi connectivity index (χ2v) is 3.71. The Morgan fingerprint density at radius 2 is 2.00 bits per heavy atom. The fraction of sp³-hybridized carbons (Fsp3) is 0.0714. The Morgan fingerprint density at radius 1 is 1.22 bits per heavy atom. The van der Waals surface area contributed by atoms with Crippen molar-refractivity contribution >= 4 is 5.97 Å². The number of benzene rings is 2. The highest BCUT2D eigenvalue weighted by Crippen LogP contribution is 2.27. The highest BCUT2D eigenvalue weighted by Gasteiger charge is 2.07. The van der Waals surface area contributed by atoms with E-state index < -0.39 is 11.8 Å². The smallest absolute Gasteiger partial charge is 0.131 e. The lowest BCUT2D eigenvalue weighted by atomic mass is 10.0. The first-order chi connectivity index (χ1) is 8.61. The van der Waals surface area contributed by atoms with Crippen LogP contribution >= 0.6 is 0 Å². The molecule has 0 saturated heterocycles. The molecule has 0 radical (unpaired) electrons. The molecule has 2 aromatic rings. The molecular weight excluding hydrogens is 235 g/mol. The van der Waals surface area contributed by atoms with E-state index in [0.29, 0.717) is 11.3 Å². The molecule has 4 heteroatoms. The molecule has 0 aliphatic rings. The van der Waals surface area contributed by atoms with Crippen molar-refractivity contribution in [3.8, 4) is 16.9 Å². The summed E-state index contributed by atoms with van der Waals surface area (Å²) in [5.41, 5.74) is 0.694. The molecule has 0 spiro atoms. The van der Waals surface area contributed by atoms with E-state index in [4.69, 9.17) is 4.74 Å². The van der Waals surface area contributed by atoms with Crippen LogP contribution in [0.1, 0.15) is 10.4 Å². The fourth-order valence-electron chi connectivity index (χ4n) is 1.66. The lowest BCUT2D eigenvalue weighted by Gasteiger charge is -2.09. The first-order valence-electron chi connectivity index (χ1n) is 5.27. The second-order valence-electron chi connectivity index (χ2n) is 3.71. The predicted molar refractivity (Wildman–Crippen MR) is 62.7 cm³/mol. The topological polar surface area (TPSA) is 49.4 Å². The molecule has 0 amide bonds. The van der Waals surface area contributed by atoms with Gasteiger partial charge in [0.1, 0.15) is 11.6 Å². The molecule has 2 aromatic carbocycles. The van der Waals surface area contributed by atoms with E-state index in [1.54, 1.807) is 24.3 Å². The van der Waals surface area contributed by atoms with Gasteiger partial charge in [0.2, 0.25) is 0 Å². The molecule has 0 aliphatic heterocycles. The number of hydrogen-bond acceptors (Lipinski definition) is 3. The van der Waals surface area contributed by atoms with E-state index in [9.17, 15) is 14.3 Å². The summed E-state index contributed by atoms with van der Waals surface area (Å²) in [5, 5.41) is 10.8. The predicted octanol–water partition coefficient (Wildman–Crippen LogP) is 1.86. The number of carboxylic acids is 1. The number of halogens is 1. The second kappa shape index (κ2) is 4.87. The van der Waals surface area contributed by atoms with Crippen LogP contribution in [-0.2, 0) is 0 Å². The molecule has 0 bridgehead atoms. The van der Waals surface area contributed by atoms with Crippen molar-refractivity contribution < 1.29 is 19.0 Å². The number of aromatic carboxylic acids is 1. The van der Waals surface area contributed by atoms with Gasteiger partial charge in [-0.05, 0) is 35.4 Å². The van der Waals surface area contributed by atoms with Crippen LogP contribution in [0.4, 0.5) is 4.39 Å². The summed E-state index contributed by atoms with van der Waals surface area (Å²) in [7, 11) is 1.51. The molecule has 18 heavy (non-hydrogen) atoms. The molecule has 0 N–H and O–H groups in total. The van der Waals surface area contributed by atoms with Gasteiger partial charge >= 0.3 is 0 Å². The van der Waals surface area contributed by atoms with Gasteiger partial charge in [0.05, 0.1) is 13.1 Å². The first-order valence-corrected chi connectivity index (χ1v) is 5.27. The van der Waals surface area contributed by atoms with E-state index >= 15 is 0 Å². The molecule has 0 atom stereocenters. The van der Waals surface area contributed by atoms with Crippen LogP contribution in [0.3, 0.4) is 0 Å². The van der Waals surface area contributed by atoms with Gasteiger partial charge in [-0.2, -0.15) is 0 Å². The first kappa shape index (κ1) is 12.1. The molecule has 2 rings (SSSR count). The Kier molecular flexibility index (Phi) is 3.28. The van der Waals surface area contributed by atoms with Gasteiger partial charge in [-0.15, -0.1) is 0 Å². The zero-order valence-corrected chi connectivity index (χ0v) is 9.64. The molecule has 3 nitrogen and oxygen atoms in total. The monoisotopic (exact) mass is 245 g/mol. The Labute approximate surface area is 103 Å². The van der Waals surface area contributed by atoms with Crippen molar-refractivity contribution in [3.63, 3.8) is 0 Å². The van der Waals surface area contributed by atoms with Crippen LogP contribution < -0.4 is 9.84 Å². The lowest BCUT2D eigenvalue weighted by Crippen LogP contribution is -2.22. The van der Waals surface area contributed by atoms with Crippen LogP contribution in [0.2, 0.25) is 0 Å². The summed E-state index contributed by atoms with van der Waals surface area (Å²) < 4.78 is 18.7. The third kappa shape index (κ3) is 2.32. The van der Waals surface area contributed by atoms with E-state index in [0.717, 1.165) is 6.07 Å². The number of carbonyl (C=O) groups is 1. The molecule has 0 heterocycles. The van der Waals surface area contributed by atoms with Crippen molar-refractivity contribution in [2.24, 2.45) is 0 Å². The zero-order chi connectivity index (χ0) is 13.1. The largest absolute Gasteiger partial charge is 0.545 e. The minimum absolute atomic E-state index is 0.0609. The summed E-state index contributed by atoms with van der Waals surface area (Å²) >= 11 is 0. The minimum atomic E-state index is -1.33. The van der Waals surface area contributed by atoms with E-state index in [-0.39, 0.29) is 11.1 Å². The summed E-state index contributed by atoms with van der Waals surface area (Å²) in [5.74, 6) is -1.25. The summed E-state index contributed by atoms with van der Waals surface area (Å²) in [6.07, 6.45) is 0. The van der Waals surface area contributed by atoms with Crippen LogP contribution in [0.5, 0.6) is 5.75 Å². The van der Waals surface area contributed by atoms with Crippen molar-refractivity contribution in [3.05, 3.63) is 53.8 Å². The fourth-order valence-corrected chi connectivity index (χ4v) is 1.66. The van der Waals surface area contributed by atoms with Gasteiger partial charge in [0.15, 0.2) is 0 Å². The van der Waals surface area contributed by atoms with Crippen molar-refractivity contribution in [1.82, 2.24) is 0 Å². The molecular formula is C14H10FO3-. The van der Waals surface area contributed by atoms with Crippen LogP contribution in [0, 0.1) is 5.82 Å². The Morgan fingerprint density at radius 3 is 2.67 bits per heavy atom. The number of rotatable bonds is 3. The number of carbonyl (C=O) groups excluding carboxylic acids is 1. The number of hydrogen-bond donors (Lipinski definition) is 0. The number of carboxylic acid groups (broad SMARTS) is 1. The van der Waals surface area contributed by atoms with Gasteiger partial charge in [-0.3, -0.25) is 0 Å². The van der Waals surface area contributed by atoms with Gasteiger partial charge in [0.25, 0.3) is 0 Å². The SMILES string of the molecule is COc1cccc(-c2cc(C(=O)[O-])ccc2F)c1. The molecule has 92 valence electrons. The Balaban J connectivity index is 2.54. The lowest BCUT2D eigenvalue weighted by molar-refractivity contribution is -0.255. The third-order valence-electron chi connectivity index (χ3n) is 2.58. The maximum atomic E-state index is 13.7. The van der Waals surface area contributed by atoms with E-state index in [1.165, 1.54) is 19.2 Å². The third-order valence-corrected chi connectivity index (χ3v) is 2.58. The maximum absolute atomic E-state index is 13.7. The highest BCUT2D eigenvalue weighted by molar-refractivity contribution is 5.88. The maximum Gasteiger partial charge on any atom is 0.131 e. The average Bonchev–Trinajstić information content (AvgIpc) is 2.39. The van der Waals surface area contributed by atoms with Gasteiger partial charge < -0.3 is 14.6 Å². The average molecular weight is 245 g/mol. The summed E-state index contributed by atoms with van der Waals surface area (Å²) in [6, 6.07) is 10.3. The van der Waals surface area contributed by atoms with Gasteiger partial charge in [0, 0.05) is 5.56 Å². The molecule has 0 saturated carbocycles. The van der Waals surface area contributed by atoms with Crippen molar-refractivity contribution in [2.45, 2.75) is 0 Å². The Hall–Kier alpha value is -2.36. The molecule has 0 aliphatic carbocycles. The normalized spacial score (nSPS) is 10.1. The van der Waals surface area contributed by atoms with Gasteiger partial charge in [-0.1, -0.05) is 18.2 Å². The highest BCUT2D eigenvalue weighted by atomic mass is 19.1. The zero-order valence-electron chi connectivity index (χ0n) is 9.64. The minimum Gasteiger partial charge on any atom is -0.545 e. The molecule has 0 unspecified atom stereocenters. The summed E-state index contributed by atoms with van der Waals surface area (Å²) in [6.45, 7) is 0. The van der Waals surface area contributed by atoms with Crippen molar-refractivity contribution in [2.75, 3.05) is 7.11 Å². The standard InChI is InChI=1S/C14H11FO3/c1-18-11-4-2-3-9(7-11)12-8-10(14(16)17)5-6-13(12)15/h2-8H,1H3,(H,16,17)/p-1. The molecule has 0 fully saturated rings. The Bertz CT molecular complexity index is 593. The number of methoxy groups -OCH3 is 1. The quantitative estimate of drug-likeness (QED) is 0.829. The van der Waals surface area contributed by atoms with Crippen LogP contribution in [0.15, 0.2) is 42.5 Å². The van der Waals surface area contributed by atoms with E-state index in [2.05, 4.69) is 0 Å². The van der Waals surface area contributed by atoms with Crippen LogP contribution in [-0.4, -0.2) is 13.1 Å². The molecule has 0 aromatic heterocycles. The van der Waals surface area contributed by atoms with Gasteiger partial charge in [-0.25, -0.2) is 4.39 Å². The number of ether oxygens (including phenoxy) is 1. The summed E-state index contributed by atoms with van der Waals surface area (Å²) in [4.78, 5) is 10.8. The van der Waals surface area contributed by atoms with Crippen LogP contribution in [0.25, 0.3) is 11.1 Å².